The van der Waals surface area contributed by atoms with Crippen LogP contribution in [0.2, 0.25) is 0 Å². The second-order valence-electron chi connectivity index (χ2n) is 7.13. The first-order valence-corrected chi connectivity index (χ1v) is 8.58. The molecule has 2 amide bonds. The van der Waals surface area contributed by atoms with Gasteiger partial charge in [0.2, 0.25) is 0 Å². The van der Waals surface area contributed by atoms with Crippen LogP contribution < -0.4 is 5.32 Å². The molecule has 1 aliphatic heterocycles. The molecule has 1 aliphatic carbocycles. The maximum atomic E-state index is 14.0. The molecular weight excluding hydrogens is 314 g/mol. The topological polar surface area (TPSA) is 52.6 Å². The van der Waals surface area contributed by atoms with Gasteiger partial charge in [-0.05, 0) is 50.2 Å². The largest absolute Gasteiger partial charge is 0.393 e. The van der Waals surface area contributed by atoms with Crippen LogP contribution in [0.4, 0.5) is 13.6 Å². The molecule has 6 heteroatoms. The summed E-state index contributed by atoms with van der Waals surface area (Å²) in [5.41, 5.74) is 0.0859. The lowest BCUT2D eigenvalue weighted by Gasteiger charge is -2.33. The molecule has 1 heterocycles. The van der Waals surface area contributed by atoms with Gasteiger partial charge in [-0.3, -0.25) is 0 Å². The average Bonchev–Trinajstić information content (AvgIpc) is 3.33. The van der Waals surface area contributed by atoms with E-state index in [0.29, 0.717) is 25.2 Å². The first-order chi connectivity index (χ1) is 11.4. The summed E-state index contributed by atoms with van der Waals surface area (Å²) in [6.07, 6.45) is 2.83. The Morgan fingerprint density at radius 1 is 1.38 bits per heavy atom. The molecule has 0 radical (unpaired) electrons. The minimum Gasteiger partial charge on any atom is -0.393 e. The molecular formula is C18H24F2N2O2. The van der Waals surface area contributed by atoms with Gasteiger partial charge in [-0.25, -0.2) is 13.6 Å². The van der Waals surface area contributed by atoms with Gasteiger partial charge in [-0.2, -0.15) is 0 Å². The molecule has 1 saturated carbocycles. The lowest BCUT2D eigenvalue weighted by molar-refractivity contribution is 0.0797. The predicted molar refractivity (Wildman–Crippen MR) is 86.6 cm³/mol. The summed E-state index contributed by atoms with van der Waals surface area (Å²) in [6, 6.07) is 3.50. The lowest BCUT2D eigenvalue weighted by Crippen LogP contribution is -2.47. The second-order valence-corrected chi connectivity index (χ2v) is 7.13. The average molecular weight is 338 g/mol. The van der Waals surface area contributed by atoms with Crippen LogP contribution in [0.3, 0.4) is 0 Å². The summed E-state index contributed by atoms with van der Waals surface area (Å²) >= 11 is 0. The molecule has 2 fully saturated rings. The number of rotatable bonds is 4. The number of hydrogen-bond acceptors (Lipinski definition) is 2. The van der Waals surface area contributed by atoms with Crippen molar-refractivity contribution < 1.29 is 18.7 Å². The number of amides is 2. The van der Waals surface area contributed by atoms with Crippen molar-refractivity contribution in [2.45, 2.75) is 44.1 Å². The fourth-order valence-corrected chi connectivity index (χ4v) is 3.55. The Labute approximate surface area is 140 Å². The summed E-state index contributed by atoms with van der Waals surface area (Å²) in [7, 11) is 0. The first kappa shape index (κ1) is 17.1. The van der Waals surface area contributed by atoms with Crippen LogP contribution in [0.5, 0.6) is 0 Å². The van der Waals surface area contributed by atoms with E-state index in [2.05, 4.69) is 5.32 Å². The Morgan fingerprint density at radius 3 is 2.58 bits per heavy atom. The number of piperidine rings is 1. The van der Waals surface area contributed by atoms with E-state index in [1.165, 1.54) is 12.1 Å². The van der Waals surface area contributed by atoms with E-state index in [9.17, 15) is 18.7 Å². The fourth-order valence-electron chi connectivity index (χ4n) is 3.55. The van der Waals surface area contributed by atoms with Crippen LogP contribution in [0.1, 0.15) is 38.2 Å². The number of nitrogens with zero attached hydrogens (tertiary/aromatic N) is 1. The standard InChI is InChI=1S/C18H24F2N2O2/c1-12(23)13-4-8-22(9-5-13)17(24)21-11-18(6-7-18)15-3-2-14(19)10-16(15)20/h2-3,10,12-13,23H,4-9,11H2,1H3,(H,21,24). The first-order valence-electron chi connectivity index (χ1n) is 8.58. The number of urea groups is 1. The van der Waals surface area contributed by atoms with Crippen LogP contribution in [0.25, 0.3) is 0 Å². The van der Waals surface area contributed by atoms with E-state index in [0.717, 1.165) is 31.7 Å². The number of nitrogens with one attached hydrogen (secondary N) is 1. The van der Waals surface area contributed by atoms with Crippen molar-refractivity contribution in [2.75, 3.05) is 19.6 Å². The molecule has 2 aliphatic rings. The minimum absolute atomic E-state index is 0.146. The van der Waals surface area contributed by atoms with Crippen LogP contribution >= 0.6 is 0 Å². The molecule has 1 saturated heterocycles. The van der Waals surface area contributed by atoms with Crippen molar-refractivity contribution >= 4 is 6.03 Å². The third-order valence-corrected chi connectivity index (χ3v) is 5.44. The molecule has 24 heavy (non-hydrogen) atoms. The van der Waals surface area contributed by atoms with Crippen molar-refractivity contribution in [3.63, 3.8) is 0 Å². The van der Waals surface area contributed by atoms with Crippen molar-refractivity contribution in [1.82, 2.24) is 10.2 Å². The molecule has 1 atom stereocenters. The second kappa shape index (κ2) is 6.67. The van der Waals surface area contributed by atoms with E-state index >= 15 is 0 Å². The number of hydrogen-bond donors (Lipinski definition) is 2. The van der Waals surface area contributed by atoms with E-state index < -0.39 is 17.0 Å². The van der Waals surface area contributed by atoms with Gasteiger partial charge in [0.1, 0.15) is 11.6 Å². The van der Waals surface area contributed by atoms with Gasteiger partial charge in [0.25, 0.3) is 0 Å². The highest BCUT2D eigenvalue weighted by atomic mass is 19.1. The van der Waals surface area contributed by atoms with Crippen LogP contribution in [-0.2, 0) is 5.41 Å². The number of aliphatic hydroxyl groups is 1. The van der Waals surface area contributed by atoms with Crippen molar-refractivity contribution in [3.05, 3.63) is 35.4 Å². The zero-order valence-corrected chi connectivity index (χ0v) is 13.9. The predicted octanol–water partition coefficient (Wildman–Crippen LogP) is 2.80. The lowest BCUT2D eigenvalue weighted by atomic mass is 9.92. The third-order valence-electron chi connectivity index (χ3n) is 5.44. The van der Waals surface area contributed by atoms with Gasteiger partial charge in [0.05, 0.1) is 6.10 Å². The normalized spacial score (nSPS) is 21.4. The highest BCUT2D eigenvalue weighted by Gasteiger charge is 2.46. The zero-order chi connectivity index (χ0) is 17.3. The summed E-state index contributed by atoms with van der Waals surface area (Å²) in [6.45, 7) is 3.40. The van der Waals surface area contributed by atoms with E-state index in [4.69, 9.17) is 0 Å². The Kier molecular flexibility index (Phi) is 4.76. The number of halogens is 2. The van der Waals surface area contributed by atoms with E-state index in [-0.39, 0.29) is 18.1 Å². The molecule has 3 rings (SSSR count). The maximum absolute atomic E-state index is 14.0. The van der Waals surface area contributed by atoms with Gasteiger partial charge >= 0.3 is 6.03 Å². The summed E-state index contributed by atoms with van der Waals surface area (Å²) in [4.78, 5) is 14.1. The monoisotopic (exact) mass is 338 g/mol. The van der Waals surface area contributed by atoms with Gasteiger partial charge in [-0.15, -0.1) is 0 Å². The molecule has 2 N–H and O–H groups in total. The summed E-state index contributed by atoms with van der Waals surface area (Å²) < 4.78 is 27.1. The van der Waals surface area contributed by atoms with Gasteiger partial charge in [0, 0.05) is 31.1 Å². The molecule has 0 bridgehead atoms. The fraction of sp³-hybridized carbons (Fsp3) is 0.611. The van der Waals surface area contributed by atoms with Gasteiger partial charge in [-0.1, -0.05) is 6.07 Å². The number of likely N-dealkylation sites (tertiary alicyclic amines) is 1. The van der Waals surface area contributed by atoms with E-state index in [1.807, 2.05) is 0 Å². The SMILES string of the molecule is CC(O)C1CCN(C(=O)NCC2(c3ccc(F)cc3F)CC2)CC1. The van der Waals surface area contributed by atoms with Gasteiger partial charge in [0.15, 0.2) is 0 Å². The number of benzene rings is 1. The molecule has 1 aromatic carbocycles. The molecule has 0 aromatic heterocycles. The highest BCUT2D eigenvalue weighted by Crippen LogP contribution is 2.48. The Bertz CT molecular complexity index is 609. The quantitative estimate of drug-likeness (QED) is 0.887. The zero-order valence-electron chi connectivity index (χ0n) is 13.9. The molecule has 1 unspecified atom stereocenters. The molecule has 4 nitrogen and oxygen atoms in total. The Balaban J connectivity index is 1.55. The number of aliphatic hydroxyl groups excluding tert-OH is 1. The number of carbonyl (C=O) groups is 1. The highest BCUT2D eigenvalue weighted by molar-refractivity contribution is 5.74. The molecule has 1 aromatic rings. The van der Waals surface area contributed by atoms with Crippen molar-refractivity contribution in [2.24, 2.45) is 5.92 Å². The Morgan fingerprint density at radius 2 is 2.04 bits per heavy atom. The summed E-state index contributed by atoms with van der Waals surface area (Å²) in [5, 5.41) is 12.5. The van der Waals surface area contributed by atoms with Crippen molar-refractivity contribution in [3.8, 4) is 0 Å². The van der Waals surface area contributed by atoms with E-state index in [1.54, 1.807) is 11.8 Å². The minimum atomic E-state index is -0.586. The smallest absolute Gasteiger partial charge is 0.317 e. The molecule has 132 valence electrons. The van der Waals surface area contributed by atoms with Crippen LogP contribution in [-0.4, -0.2) is 41.8 Å². The van der Waals surface area contributed by atoms with Crippen molar-refractivity contribution in [1.29, 1.82) is 0 Å². The van der Waals surface area contributed by atoms with Crippen LogP contribution in [0.15, 0.2) is 18.2 Å². The van der Waals surface area contributed by atoms with Gasteiger partial charge < -0.3 is 15.3 Å². The van der Waals surface area contributed by atoms with Crippen LogP contribution in [0, 0.1) is 17.6 Å². The third kappa shape index (κ3) is 3.53. The summed E-state index contributed by atoms with van der Waals surface area (Å²) in [5.74, 6) is -0.881. The molecule has 0 spiro atoms. The number of carbonyl (C=O) groups excluding carboxylic acids is 1. The Hall–Kier alpha value is -1.69. The maximum Gasteiger partial charge on any atom is 0.317 e.